The maximum atomic E-state index is 13.5. The lowest BCUT2D eigenvalue weighted by Crippen LogP contribution is -2.64. The van der Waals surface area contributed by atoms with Gasteiger partial charge in [-0.15, -0.1) is 0 Å². The zero-order chi connectivity index (χ0) is 31.4. The van der Waals surface area contributed by atoms with Crippen molar-refractivity contribution in [3.05, 3.63) is 94.6 Å². The van der Waals surface area contributed by atoms with Crippen LogP contribution in [0.2, 0.25) is 0 Å². The van der Waals surface area contributed by atoms with Crippen molar-refractivity contribution in [1.82, 2.24) is 14.3 Å². The van der Waals surface area contributed by atoms with Gasteiger partial charge in [-0.05, 0) is 99.8 Å². The molecule has 45 heavy (non-hydrogen) atoms. The van der Waals surface area contributed by atoms with E-state index in [1.54, 1.807) is 12.4 Å². The normalized spacial score (nSPS) is 27.0. The summed E-state index contributed by atoms with van der Waals surface area (Å²) in [5.41, 5.74) is 8.20. The summed E-state index contributed by atoms with van der Waals surface area (Å²) in [6.07, 6.45) is 10.0. The van der Waals surface area contributed by atoms with E-state index in [2.05, 4.69) is 46.6 Å². The quantitative estimate of drug-likeness (QED) is 0.228. The lowest BCUT2D eigenvalue weighted by Gasteiger charge is -2.56. The molecule has 5 heterocycles. The number of fused-ring (bicyclic) bond motifs is 1. The second-order valence-electron chi connectivity index (χ2n) is 13.7. The molecule has 4 aliphatic rings. The Balaban J connectivity index is 1.36. The Morgan fingerprint density at radius 2 is 1.91 bits per heavy atom. The minimum absolute atomic E-state index is 0.108. The average molecular weight is 606 g/mol. The number of aliphatic hydroxyl groups excluding tert-OH is 1. The van der Waals surface area contributed by atoms with Crippen LogP contribution in [0.3, 0.4) is 0 Å². The van der Waals surface area contributed by atoms with Gasteiger partial charge in [0.15, 0.2) is 11.5 Å². The largest absolute Gasteiger partial charge is 0.504 e. The number of carbonyl (C=O) groups is 1. The molecule has 1 unspecified atom stereocenters. The molecule has 4 aromatic rings. The molecule has 8 heteroatoms. The minimum Gasteiger partial charge on any atom is -0.504 e. The van der Waals surface area contributed by atoms with Crippen LogP contribution in [0.15, 0.2) is 61.1 Å². The Hall–Kier alpha value is -4.14. The summed E-state index contributed by atoms with van der Waals surface area (Å²) in [6, 6.07) is 10.1. The molecule has 6 atom stereocenters. The number of ether oxygens (including phenoxy) is 2. The van der Waals surface area contributed by atoms with Gasteiger partial charge in [0.2, 0.25) is 0 Å². The van der Waals surface area contributed by atoms with Gasteiger partial charge in [-0.2, -0.15) is 0 Å². The topological polar surface area (TPSA) is 96.5 Å². The van der Waals surface area contributed by atoms with E-state index in [0.29, 0.717) is 11.3 Å². The van der Waals surface area contributed by atoms with Crippen LogP contribution in [-0.2, 0) is 16.6 Å². The number of benzene rings is 1. The summed E-state index contributed by atoms with van der Waals surface area (Å²) in [5.74, 6) is 0.291. The third kappa shape index (κ3) is 3.91. The molecule has 232 valence electrons. The fraction of sp³-hybridized carbons (Fsp3) is 0.405. The molecule has 0 radical (unpaired) electrons. The highest BCUT2D eigenvalue weighted by Crippen LogP contribution is 2.63. The zero-order valence-corrected chi connectivity index (χ0v) is 26.3. The third-order valence-electron chi connectivity index (χ3n) is 11.0. The number of aromatic hydroxyl groups is 1. The zero-order valence-electron chi connectivity index (χ0n) is 26.3. The first-order valence-corrected chi connectivity index (χ1v) is 16.0. The predicted molar refractivity (Wildman–Crippen MR) is 171 cm³/mol. The van der Waals surface area contributed by atoms with Gasteiger partial charge in [0.1, 0.15) is 12.2 Å². The maximum Gasteiger partial charge on any atom is 0.338 e. The average Bonchev–Trinajstić information content (AvgIpc) is 3.60. The molecule has 8 nitrogen and oxygen atoms in total. The first-order chi connectivity index (χ1) is 21.6. The molecule has 0 amide bonds. The van der Waals surface area contributed by atoms with Crippen LogP contribution in [0.4, 0.5) is 0 Å². The Kier molecular flexibility index (Phi) is 6.25. The number of rotatable bonds is 5. The molecule has 3 aromatic heterocycles. The fourth-order valence-corrected chi connectivity index (χ4v) is 8.98. The number of hydrogen-bond acceptors (Lipinski definition) is 7. The van der Waals surface area contributed by atoms with Crippen molar-refractivity contribution >= 4 is 11.5 Å². The van der Waals surface area contributed by atoms with Crippen molar-refractivity contribution in [2.75, 3.05) is 13.6 Å². The van der Waals surface area contributed by atoms with Crippen LogP contribution in [0.25, 0.3) is 16.6 Å². The summed E-state index contributed by atoms with van der Waals surface area (Å²) in [4.78, 5) is 20.1. The number of esters is 1. The molecule has 2 aliphatic carbocycles. The van der Waals surface area contributed by atoms with E-state index in [1.165, 1.54) is 5.56 Å². The summed E-state index contributed by atoms with van der Waals surface area (Å²) in [6.45, 7) is 8.78. The van der Waals surface area contributed by atoms with Gasteiger partial charge in [0.25, 0.3) is 0 Å². The second kappa shape index (κ2) is 9.93. The number of likely N-dealkylation sites (tertiary alicyclic amines) is 1. The highest BCUT2D eigenvalue weighted by molar-refractivity contribution is 5.93. The molecule has 8 rings (SSSR count). The molecular formula is C37H39N3O5. The minimum atomic E-state index is -0.735. The van der Waals surface area contributed by atoms with Gasteiger partial charge in [-0.1, -0.05) is 19.1 Å². The number of carbonyl (C=O) groups excluding carboxylic acids is 1. The first kappa shape index (κ1) is 28.3. The number of aromatic nitrogens is 2. The molecule has 1 fully saturated rings. The lowest BCUT2D eigenvalue weighted by molar-refractivity contribution is -0.0454. The maximum absolute atomic E-state index is 13.5. The Labute approximate surface area is 262 Å². The number of aliphatic hydroxyl groups is 1. The van der Waals surface area contributed by atoms with Crippen molar-refractivity contribution in [1.29, 1.82) is 0 Å². The van der Waals surface area contributed by atoms with E-state index >= 15 is 0 Å². The molecular weight excluding hydrogens is 566 g/mol. The van der Waals surface area contributed by atoms with E-state index < -0.39 is 17.6 Å². The summed E-state index contributed by atoms with van der Waals surface area (Å²) in [5, 5.41) is 22.7. The number of hydrogen-bond donors (Lipinski definition) is 2. The Bertz CT molecular complexity index is 1900. The predicted octanol–water partition coefficient (Wildman–Crippen LogP) is 5.54. The molecule has 2 aliphatic heterocycles. The lowest BCUT2D eigenvalue weighted by atomic mass is 9.52. The molecule has 2 N–H and O–H groups in total. The molecule has 1 spiro atoms. The number of nitrogens with zero attached hydrogens (tertiary/aromatic N) is 3. The van der Waals surface area contributed by atoms with Gasteiger partial charge < -0.3 is 29.0 Å². The van der Waals surface area contributed by atoms with Gasteiger partial charge >= 0.3 is 5.97 Å². The highest BCUT2D eigenvalue weighted by Gasteiger charge is 2.64. The molecule has 1 aromatic carbocycles. The molecule has 0 saturated carbocycles. The number of phenolic OH excluding ortho intramolecular Hbond substituents is 1. The SMILES string of the molecule is Cc1c(C(=O)OC(C)C)cc2cc(-c3ccncc3)cn2c1C(C)c1cc(O)c2c3c1C[C@@H]1[C@@H]4C=C[C@H](O)[C@H](O2)[C@]34CCN1C. The number of pyridine rings is 2. The van der Waals surface area contributed by atoms with Crippen LogP contribution in [0, 0.1) is 12.8 Å². The van der Waals surface area contributed by atoms with Crippen molar-refractivity contribution in [3.63, 3.8) is 0 Å². The fourth-order valence-electron chi connectivity index (χ4n) is 8.98. The number of likely N-dealkylation sites (N-methyl/N-ethyl adjacent to an activating group) is 1. The van der Waals surface area contributed by atoms with E-state index in [-0.39, 0.29) is 35.7 Å². The van der Waals surface area contributed by atoms with Gasteiger partial charge in [0.05, 0.1) is 11.7 Å². The van der Waals surface area contributed by atoms with Gasteiger partial charge in [-0.25, -0.2) is 4.79 Å². The van der Waals surface area contributed by atoms with E-state index in [1.807, 2.05) is 51.1 Å². The van der Waals surface area contributed by atoms with Crippen LogP contribution in [0.5, 0.6) is 11.5 Å². The van der Waals surface area contributed by atoms with Crippen LogP contribution in [0.1, 0.15) is 71.4 Å². The van der Waals surface area contributed by atoms with E-state index in [4.69, 9.17) is 9.47 Å². The summed E-state index contributed by atoms with van der Waals surface area (Å²) >= 11 is 0. The summed E-state index contributed by atoms with van der Waals surface area (Å²) in [7, 11) is 2.19. The second-order valence-corrected chi connectivity index (χ2v) is 13.7. The Morgan fingerprint density at radius 1 is 1.13 bits per heavy atom. The molecule has 1 saturated heterocycles. The standard InChI is InChI=1S/C37H39N3O5/c1-19(2)44-36(43)26-15-24-14-23(22-8-11-38-12-9-22)18-40(24)33(21(26)4)20(3)25-17-31(42)34-32-27(25)16-29-28-6-7-30(41)35(45-34)37(28,32)10-13-39(29)5/h6-9,11-12,14-15,17-20,28-30,35,41-42H,10,13,16H2,1-5H3/t20?,28-,29+,30-,35-,37-/m0/s1. The van der Waals surface area contributed by atoms with Crippen molar-refractivity contribution in [3.8, 4) is 22.6 Å². The third-order valence-corrected chi connectivity index (χ3v) is 11.0. The highest BCUT2D eigenvalue weighted by atomic mass is 16.5. The van der Waals surface area contributed by atoms with E-state index in [9.17, 15) is 15.0 Å². The van der Waals surface area contributed by atoms with Gasteiger partial charge in [0, 0.05) is 64.2 Å². The number of phenols is 1. The van der Waals surface area contributed by atoms with Gasteiger partial charge in [-0.3, -0.25) is 4.98 Å². The van der Waals surface area contributed by atoms with Crippen molar-refractivity contribution < 1.29 is 24.5 Å². The number of piperidine rings is 1. The van der Waals surface area contributed by atoms with Crippen LogP contribution < -0.4 is 4.74 Å². The van der Waals surface area contributed by atoms with E-state index in [0.717, 1.165) is 58.4 Å². The van der Waals surface area contributed by atoms with Crippen LogP contribution >= 0.6 is 0 Å². The smallest absolute Gasteiger partial charge is 0.338 e. The summed E-state index contributed by atoms with van der Waals surface area (Å²) < 4.78 is 14.4. The molecule has 2 bridgehead atoms. The first-order valence-electron chi connectivity index (χ1n) is 16.0. The monoisotopic (exact) mass is 605 g/mol. The Morgan fingerprint density at radius 3 is 2.67 bits per heavy atom. The van der Waals surface area contributed by atoms with Crippen molar-refractivity contribution in [2.45, 2.75) is 76.2 Å². The van der Waals surface area contributed by atoms with Crippen molar-refractivity contribution in [2.24, 2.45) is 5.92 Å². The van der Waals surface area contributed by atoms with Crippen LogP contribution in [-0.4, -0.2) is 68.4 Å².